The van der Waals surface area contributed by atoms with Gasteiger partial charge in [0.1, 0.15) is 0 Å². The maximum atomic E-state index is 13.0. The van der Waals surface area contributed by atoms with Crippen LogP contribution in [0, 0.1) is 11.8 Å². The molecule has 1 saturated heterocycles. The van der Waals surface area contributed by atoms with Crippen molar-refractivity contribution in [3.8, 4) is 0 Å². The van der Waals surface area contributed by atoms with E-state index >= 15 is 0 Å². The molecule has 1 amide bonds. The van der Waals surface area contributed by atoms with Crippen molar-refractivity contribution in [2.24, 2.45) is 11.8 Å². The monoisotopic (exact) mass is 361 g/mol. The first-order chi connectivity index (χ1) is 12.0. The molecule has 0 bridgehead atoms. The van der Waals surface area contributed by atoms with Crippen LogP contribution in [0.1, 0.15) is 56.8 Å². The number of aromatic nitrogens is 2. The van der Waals surface area contributed by atoms with Crippen molar-refractivity contribution in [1.29, 1.82) is 0 Å². The van der Waals surface area contributed by atoms with E-state index in [4.69, 9.17) is 4.98 Å². The van der Waals surface area contributed by atoms with Crippen LogP contribution in [-0.2, 0) is 17.6 Å². The molecule has 0 radical (unpaired) electrons. The second-order valence-electron chi connectivity index (χ2n) is 8.12. The minimum atomic E-state index is -0.0349. The molecule has 0 spiro atoms. The third-order valence-corrected chi connectivity index (χ3v) is 6.85. The number of rotatable bonds is 2. The highest BCUT2D eigenvalue weighted by Crippen LogP contribution is 2.34. The first-order valence-electron chi connectivity index (χ1n) is 9.57. The standard InChI is InChI=1S/C19H27N3O2S/c1-12-7-13(2)10-21(9-12)17(23)8-14-11-25-19-20-16-6-4-3-5-15(16)18(24)22(14)19/h12-14H,3-11H2,1-2H3. The fraction of sp³-hybridized carbons (Fsp3) is 0.737. The van der Waals surface area contributed by atoms with Crippen molar-refractivity contribution in [2.45, 2.75) is 63.6 Å². The molecule has 2 aliphatic heterocycles. The maximum absolute atomic E-state index is 13.0. The Morgan fingerprint density at radius 1 is 1.20 bits per heavy atom. The Kier molecular flexibility index (Phi) is 4.65. The fourth-order valence-electron chi connectivity index (χ4n) is 4.66. The highest BCUT2D eigenvalue weighted by Gasteiger charge is 2.33. The zero-order valence-electron chi connectivity index (χ0n) is 15.2. The second kappa shape index (κ2) is 6.78. The first kappa shape index (κ1) is 17.1. The molecule has 3 unspecified atom stereocenters. The number of hydrogen-bond donors (Lipinski definition) is 0. The zero-order valence-corrected chi connectivity index (χ0v) is 16.0. The van der Waals surface area contributed by atoms with Crippen LogP contribution >= 0.6 is 11.8 Å². The van der Waals surface area contributed by atoms with E-state index in [0.29, 0.717) is 18.3 Å². The number of fused-ring (bicyclic) bond motifs is 2. The lowest BCUT2D eigenvalue weighted by Gasteiger charge is -2.35. The minimum absolute atomic E-state index is 0.0349. The summed E-state index contributed by atoms with van der Waals surface area (Å²) >= 11 is 1.63. The van der Waals surface area contributed by atoms with E-state index in [0.717, 1.165) is 60.9 Å². The number of carbonyl (C=O) groups excluding carboxylic acids is 1. The van der Waals surface area contributed by atoms with Crippen LogP contribution in [0.4, 0.5) is 0 Å². The number of hydrogen-bond acceptors (Lipinski definition) is 4. The molecule has 1 fully saturated rings. The summed E-state index contributed by atoms with van der Waals surface area (Å²) < 4.78 is 1.82. The minimum Gasteiger partial charge on any atom is -0.342 e. The van der Waals surface area contributed by atoms with E-state index in [9.17, 15) is 9.59 Å². The van der Waals surface area contributed by atoms with E-state index in [-0.39, 0.29) is 17.5 Å². The molecule has 3 heterocycles. The van der Waals surface area contributed by atoms with Crippen molar-refractivity contribution in [1.82, 2.24) is 14.5 Å². The van der Waals surface area contributed by atoms with Crippen molar-refractivity contribution in [3.05, 3.63) is 21.6 Å². The Bertz CT molecular complexity index is 735. The highest BCUT2D eigenvalue weighted by atomic mass is 32.2. The Labute approximate surface area is 153 Å². The summed E-state index contributed by atoms with van der Waals surface area (Å²) in [5.74, 6) is 2.11. The first-order valence-corrected chi connectivity index (χ1v) is 10.6. The van der Waals surface area contributed by atoms with Crippen LogP contribution in [0.2, 0.25) is 0 Å². The molecule has 4 rings (SSSR count). The molecule has 6 heteroatoms. The van der Waals surface area contributed by atoms with E-state index < -0.39 is 0 Å². The van der Waals surface area contributed by atoms with Gasteiger partial charge in [-0.15, -0.1) is 0 Å². The van der Waals surface area contributed by atoms with Gasteiger partial charge < -0.3 is 4.90 Å². The number of piperidine rings is 1. The number of carbonyl (C=O) groups is 1. The van der Waals surface area contributed by atoms with Gasteiger partial charge in [-0.3, -0.25) is 14.2 Å². The van der Waals surface area contributed by atoms with Gasteiger partial charge in [-0.1, -0.05) is 25.6 Å². The normalized spacial score (nSPS) is 28.6. The van der Waals surface area contributed by atoms with Crippen LogP contribution in [-0.4, -0.2) is 39.2 Å². The molecule has 0 N–H and O–H groups in total. The largest absolute Gasteiger partial charge is 0.342 e. The fourth-order valence-corrected chi connectivity index (χ4v) is 5.82. The van der Waals surface area contributed by atoms with Crippen molar-refractivity contribution < 1.29 is 4.79 Å². The molecular weight excluding hydrogens is 334 g/mol. The highest BCUT2D eigenvalue weighted by molar-refractivity contribution is 7.99. The van der Waals surface area contributed by atoms with Crippen LogP contribution < -0.4 is 5.56 Å². The topological polar surface area (TPSA) is 55.2 Å². The SMILES string of the molecule is CC1CC(C)CN(C(=O)CC2CSc3nc4c(c(=O)n32)CCCC4)C1. The van der Waals surface area contributed by atoms with Gasteiger partial charge in [0, 0.05) is 30.8 Å². The summed E-state index contributed by atoms with van der Waals surface area (Å²) in [6.45, 7) is 6.15. The quantitative estimate of drug-likeness (QED) is 0.760. The van der Waals surface area contributed by atoms with Gasteiger partial charge in [0.25, 0.3) is 5.56 Å². The van der Waals surface area contributed by atoms with E-state index in [1.54, 1.807) is 11.8 Å². The Morgan fingerprint density at radius 3 is 2.68 bits per heavy atom. The van der Waals surface area contributed by atoms with Crippen LogP contribution in [0.3, 0.4) is 0 Å². The molecule has 1 aromatic heterocycles. The second-order valence-corrected chi connectivity index (χ2v) is 9.10. The third kappa shape index (κ3) is 3.25. The molecule has 0 saturated carbocycles. The van der Waals surface area contributed by atoms with Crippen LogP contribution in [0.5, 0.6) is 0 Å². The predicted octanol–water partition coefficient (Wildman–Crippen LogP) is 2.66. The molecule has 1 aliphatic carbocycles. The zero-order chi connectivity index (χ0) is 17.6. The Morgan fingerprint density at radius 2 is 1.92 bits per heavy atom. The van der Waals surface area contributed by atoms with Crippen molar-refractivity contribution in [3.63, 3.8) is 0 Å². The van der Waals surface area contributed by atoms with Crippen molar-refractivity contribution >= 4 is 17.7 Å². The molecule has 5 nitrogen and oxygen atoms in total. The van der Waals surface area contributed by atoms with Crippen molar-refractivity contribution in [2.75, 3.05) is 18.8 Å². The molecule has 0 aromatic carbocycles. The molecule has 136 valence electrons. The third-order valence-electron chi connectivity index (χ3n) is 5.75. The lowest BCUT2D eigenvalue weighted by Crippen LogP contribution is -2.43. The van der Waals surface area contributed by atoms with Crippen LogP contribution in [0.15, 0.2) is 9.95 Å². The number of aryl methyl sites for hydroxylation is 1. The number of thioether (sulfide) groups is 1. The lowest BCUT2D eigenvalue weighted by atomic mass is 9.91. The summed E-state index contributed by atoms with van der Waals surface area (Å²) in [5, 5.41) is 0.823. The molecule has 3 atom stereocenters. The number of likely N-dealkylation sites (tertiary alicyclic amines) is 1. The molecule has 1 aromatic rings. The maximum Gasteiger partial charge on any atom is 0.257 e. The Hall–Kier alpha value is -1.30. The smallest absolute Gasteiger partial charge is 0.257 e. The molecule has 3 aliphatic rings. The number of amides is 1. The average molecular weight is 362 g/mol. The van der Waals surface area contributed by atoms with Gasteiger partial charge in [-0.2, -0.15) is 0 Å². The summed E-state index contributed by atoms with van der Waals surface area (Å²) in [5.41, 5.74) is 2.01. The van der Waals surface area contributed by atoms with Gasteiger partial charge in [-0.05, 0) is 43.9 Å². The summed E-state index contributed by atoms with van der Waals surface area (Å²) in [6.07, 6.45) is 5.59. The Balaban J connectivity index is 1.55. The van der Waals surface area contributed by atoms with Crippen LogP contribution in [0.25, 0.3) is 0 Å². The van der Waals surface area contributed by atoms with Gasteiger partial charge in [-0.25, -0.2) is 4.98 Å². The molecular formula is C19H27N3O2S. The summed E-state index contributed by atoms with van der Waals surface area (Å²) in [7, 11) is 0. The van der Waals surface area contributed by atoms with E-state index in [2.05, 4.69) is 13.8 Å². The van der Waals surface area contributed by atoms with Gasteiger partial charge >= 0.3 is 0 Å². The van der Waals surface area contributed by atoms with E-state index in [1.807, 2.05) is 9.47 Å². The summed E-state index contributed by atoms with van der Waals surface area (Å²) in [4.78, 5) is 32.6. The molecule has 25 heavy (non-hydrogen) atoms. The average Bonchev–Trinajstić information content (AvgIpc) is 2.97. The predicted molar refractivity (Wildman–Crippen MR) is 99.0 cm³/mol. The summed E-state index contributed by atoms with van der Waals surface area (Å²) in [6, 6.07) is -0.0349. The lowest BCUT2D eigenvalue weighted by molar-refractivity contribution is -0.134. The van der Waals surface area contributed by atoms with Gasteiger partial charge in [0.2, 0.25) is 5.91 Å². The van der Waals surface area contributed by atoms with E-state index in [1.165, 1.54) is 6.42 Å². The van der Waals surface area contributed by atoms with Gasteiger partial charge in [0.15, 0.2) is 5.16 Å². The van der Waals surface area contributed by atoms with Gasteiger partial charge in [0.05, 0.1) is 11.7 Å². The number of nitrogens with zero attached hydrogens (tertiary/aromatic N) is 3.